The van der Waals surface area contributed by atoms with E-state index < -0.39 is 37.5 Å². The molecule has 4 aromatic carbocycles. The highest BCUT2D eigenvalue weighted by Gasteiger charge is 2.39. The Labute approximate surface area is 348 Å². The number of hydrogen-bond donors (Lipinski definition) is 0. The number of hydrogen-bond acceptors (Lipinski definition) is 10. The van der Waals surface area contributed by atoms with Gasteiger partial charge in [-0.25, -0.2) is 9.59 Å². The highest BCUT2D eigenvalue weighted by molar-refractivity contribution is 6.87. The number of benzene rings is 4. The van der Waals surface area contributed by atoms with Crippen LogP contribution >= 0.6 is 0 Å². The summed E-state index contributed by atoms with van der Waals surface area (Å²) in [5.41, 5.74) is 5.51. The molecule has 58 heavy (non-hydrogen) atoms. The highest BCUT2D eigenvalue weighted by Crippen LogP contribution is 2.35. The van der Waals surface area contributed by atoms with Crippen LogP contribution in [0, 0.1) is 6.92 Å². The van der Waals surface area contributed by atoms with Crippen LogP contribution in [0.25, 0.3) is 0 Å². The summed E-state index contributed by atoms with van der Waals surface area (Å²) in [6.07, 6.45) is 1.97. The zero-order valence-corrected chi connectivity index (χ0v) is 39.4. The van der Waals surface area contributed by atoms with Crippen molar-refractivity contribution in [3.05, 3.63) is 113 Å². The van der Waals surface area contributed by atoms with Crippen molar-refractivity contribution in [3.63, 3.8) is 0 Å². The van der Waals surface area contributed by atoms with E-state index in [0.29, 0.717) is 28.7 Å². The molecule has 0 aliphatic heterocycles. The summed E-state index contributed by atoms with van der Waals surface area (Å²) in [6, 6.07) is 29.2. The first kappa shape index (κ1) is 46.3. The molecule has 0 radical (unpaired) electrons. The maximum Gasteiger partial charge on any atom is 0.519 e. The van der Waals surface area contributed by atoms with Crippen LogP contribution in [-0.2, 0) is 31.2 Å². The molecular weight excluding hydrogens is 785 g/mol. The molecule has 0 aromatic heterocycles. The molecule has 4 rings (SSSR count). The van der Waals surface area contributed by atoms with Crippen LogP contribution in [0.2, 0.25) is 51.4 Å². The Morgan fingerprint density at radius 2 is 1.07 bits per heavy atom. The molecule has 0 heterocycles. The van der Waals surface area contributed by atoms with Crippen molar-refractivity contribution in [2.45, 2.75) is 103 Å². The first-order valence-electron chi connectivity index (χ1n) is 19.8. The Kier molecular flexibility index (Phi) is 16.0. The Morgan fingerprint density at radius 3 is 1.53 bits per heavy atom. The lowest BCUT2D eigenvalue weighted by Gasteiger charge is -2.39. The van der Waals surface area contributed by atoms with E-state index in [-0.39, 0.29) is 5.41 Å². The van der Waals surface area contributed by atoms with Crippen LogP contribution in [0.3, 0.4) is 0 Å². The van der Waals surface area contributed by atoms with Gasteiger partial charge in [0.1, 0.15) is 5.75 Å². The summed E-state index contributed by atoms with van der Waals surface area (Å²) >= 11 is 0. The SMILES string of the molecule is COC(=O)Oc1ccc(CCC[Si](C)(C)O[Si](C)(C)O[Si](C)(C)CCCc2ccc(OC(=O)Oc3ccc(C(C)(C)c4cccc(C)c4)cc3)c(OC)c2)cc1OC. The van der Waals surface area contributed by atoms with E-state index in [0.717, 1.165) is 54.5 Å². The number of ether oxygens (including phenoxy) is 6. The molecule has 314 valence electrons. The monoisotopic (exact) mass is 846 g/mol. The normalized spacial score (nSPS) is 12.1. The minimum atomic E-state index is -2.41. The number of rotatable bonds is 19. The van der Waals surface area contributed by atoms with Crippen LogP contribution in [0.1, 0.15) is 54.5 Å². The lowest BCUT2D eigenvalue weighted by Crippen LogP contribution is -2.52. The second-order valence-corrected chi connectivity index (χ2v) is 29.3. The quantitative estimate of drug-likeness (QED) is 0.0514. The predicted octanol–water partition coefficient (Wildman–Crippen LogP) is 11.8. The summed E-state index contributed by atoms with van der Waals surface area (Å²) < 4.78 is 45.6. The Hall–Kier alpha value is -4.41. The molecule has 0 bridgehead atoms. The van der Waals surface area contributed by atoms with Gasteiger partial charge in [-0.3, -0.25) is 0 Å². The Balaban J connectivity index is 1.24. The van der Waals surface area contributed by atoms with E-state index in [4.69, 9.17) is 31.9 Å². The van der Waals surface area contributed by atoms with Crippen LogP contribution in [0.5, 0.6) is 28.7 Å². The molecule has 0 amide bonds. The van der Waals surface area contributed by atoms with Gasteiger partial charge in [-0.15, -0.1) is 0 Å². The first-order chi connectivity index (χ1) is 27.2. The first-order valence-corrected chi connectivity index (χ1v) is 28.9. The van der Waals surface area contributed by atoms with E-state index in [1.54, 1.807) is 38.5 Å². The number of methoxy groups -OCH3 is 3. The number of carbonyl (C=O) groups is 2. The summed E-state index contributed by atoms with van der Waals surface area (Å²) in [7, 11) is -2.10. The van der Waals surface area contributed by atoms with Gasteiger partial charge < -0.3 is 36.7 Å². The van der Waals surface area contributed by atoms with Crippen LogP contribution in [0.4, 0.5) is 9.59 Å². The second-order valence-electron chi connectivity index (χ2n) is 16.8. The van der Waals surface area contributed by atoms with Crippen molar-refractivity contribution >= 4 is 37.5 Å². The Bertz CT molecular complexity index is 1990. The van der Waals surface area contributed by atoms with Gasteiger partial charge in [0.15, 0.2) is 39.6 Å². The van der Waals surface area contributed by atoms with Gasteiger partial charge in [-0.2, -0.15) is 0 Å². The molecule has 0 aliphatic rings. The van der Waals surface area contributed by atoms with Crippen molar-refractivity contribution in [1.29, 1.82) is 0 Å². The third-order valence-electron chi connectivity index (χ3n) is 10.1. The molecule has 0 saturated heterocycles. The average Bonchev–Trinajstić information content (AvgIpc) is 3.14. The van der Waals surface area contributed by atoms with Gasteiger partial charge in [0.2, 0.25) is 0 Å². The molecule has 4 aromatic rings. The highest BCUT2D eigenvalue weighted by atomic mass is 28.5. The van der Waals surface area contributed by atoms with Gasteiger partial charge in [0, 0.05) is 5.41 Å². The largest absolute Gasteiger partial charge is 0.519 e. The van der Waals surface area contributed by atoms with E-state index in [1.165, 1.54) is 18.2 Å². The molecule has 0 fully saturated rings. The van der Waals surface area contributed by atoms with E-state index in [1.807, 2.05) is 36.4 Å². The zero-order chi connectivity index (χ0) is 42.7. The molecule has 0 aliphatic carbocycles. The van der Waals surface area contributed by atoms with Gasteiger partial charge >= 0.3 is 20.9 Å². The van der Waals surface area contributed by atoms with E-state index in [2.05, 4.69) is 89.1 Å². The maximum absolute atomic E-state index is 12.8. The van der Waals surface area contributed by atoms with E-state index >= 15 is 0 Å². The number of carbonyl (C=O) groups excluding carboxylic acids is 2. The van der Waals surface area contributed by atoms with Gasteiger partial charge in [0.25, 0.3) is 0 Å². The third-order valence-corrected chi connectivity index (χ3v) is 21.5. The van der Waals surface area contributed by atoms with Crippen LogP contribution in [-0.4, -0.2) is 58.8 Å². The zero-order valence-electron chi connectivity index (χ0n) is 36.4. The molecule has 0 spiro atoms. The van der Waals surface area contributed by atoms with Crippen molar-refractivity contribution in [1.82, 2.24) is 0 Å². The minimum absolute atomic E-state index is 0.211. The molecule has 0 unspecified atom stereocenters. The van der Waals surface area contributed by atoms with Crippen molar-refractivity contribution in [2.75, 3.05) is 21.3 Å². The Morgan fingerprint density at radius 1 is 0.569 bits per heavy atom. The van der Waals surface area contributed by atoms with E-state index in [9.17, 15) is 9.59 Å². The molecule has 10 nitrogen and oxygen atoms in total. The molecule has 0 atom stereocenters. The maximum atomic E-state index is 12.8. The molecule has 0 N–H and O–H groups in total. The fourth-order valence-electron chi connectivity index (χ4n) is 7.27. The van der Waals surface area contributed by atoms with Crippen molar-refractivity contribution < 1.29 is 46.2 Å². The molecule has 0 saturated carbocycles. The molecular formula is C45H62O10Si3. The van der Waals surface area contributed by atoms with Gasteiger partial charge in [0.05, 0.1) is 21.3 Å². The topological polar surface area (TPSA) is 108 Å². The summed E-state index contributed by atoms with van der Waals surface area (Å²) in [5, 5.41) is 0. The molecule has 13 heteroatoms. The van der Waals surface area contributed by atoms with Crippen molar-refractivity contribution in [3.8, 4) is 28.7 Å². The fraction of sp³-hybridized carbons (Fsp3) is 0.422. The second kappa shape index (κ2) is 20.0. The average molecular weight is 847 g/mol. The number of aryl methyl sites for hydroxylation is 3. The fourth-order valence-corrected chi connectivity index (χ4v) is 21.3. The third kappa shape index (κ3) is 13.9. The standard InChI is InChI=1S/C45H62O10Si3/c1-33-16-13-19-37(30-33)45(2,3)36-22-24-38(25-23-36)51-44(47)53-40-27-21-35(32-42(40)49-5)18-15-29-57(9,10)55-58(11,12)54-56(7,8)28-14-17-34-20-26-39(41(31-34)48-4)52-43(46)50-6/h13,16,19-27,30-32H,14-15,17-18,28-29H2,1-12H3. The van der Waals surface area contributed by atoms with Crippen LogP contribution in [0.15, 0.2) is 84.9 Å². The summed E-state index contributed by atoms with van der Waals surface area (Å²) in [4.78, 5) is 24.3. The van der Waals surface area contributed by atoms with Gasteiger partial charge in [-0.1, -0.05) is 67.9 Å². The predicted molar refractivity (Wildman–Crippen MR) is 236 cm³/mol. The van der Waals surface area contributed by atoms with Crippen LogP contribution < -0.4 is 23.7 Å². The van der Waals surface area contributed by atoms with Crippen molar-refractivity contribution in [2.24, 2.45) is 0 Å². The lowest BCUT2D eigenvalue weighted by atomic mass is 9.78. The smallest absolute Gasteiger partial charge is 0.493 e. The summed E-state index contributed by atoms with van der Waals surface area (Å²) in [6.45, 7) is 19.8. The lowest BCUT2D eigenvalue weighted by molar-refractivity contribution is 0.120. The van der Waals surface area contributed by atoms with Gasteiger partial charge in [-0.05, 0) is 143 Å². The summed E-state index contributed by atoms with van der Waals surface area (Å²) in [5.74, 6) is 1.98. The minimum Gasteiger partial charge on any atom is -0.493 e.